The fourth-order valence-corrected chi connectivity index (χ4v) is 2.72. The van der Waals surface area contributed by atoms with E-state index in [4.69, 9.17) is 10.5 Å². The van der Waals surface area contributed by atoms with Gasteiger partial charge in [-0.15, -0.1) is 0 Å². The summed E-state index contributed by atoms with van der Waals surface area (Å²) >= 11 is 3.42. The summed E-state index contributed by atoms with van der Waals surface area (Å²) in [5.74, 6) is 0.960. The zero-order chi connectivity index (χ0) is 13.2. The van der Waals surface area contributed by atoms with E-state index in [2.05, 4.69) is 27.3 Å². The van der Waals surface area contributed by atoms with Gasteiger partial charge in [-0.1, -0.05) is 34.1 Å². The Hall–Kier alpha value is -1.68. The average Bonchev–Trinajstić information content (AvgIpc) is 2.42. The van der Waals surface area contributed by atoms with Crippen LogP contribution in [0, 0.1) is 0 Å². The fraction of sp³-hybridized carbons (Fsp3) is 0.200. The summed E-state index contributed by atoms with van der Waals surface area (Å²) in [5, 5.41) is 3.51. The number of rotatable bonds is 2. The fourth-order valence-electron chi connectivity index (χ4n) is 2.34. The maximum absolute atomic E-state index is 6.03. The molecule has 0 amide bonds. The van der Waals surface area contributed by atoms with Gasteiger partial charge in [-0.05, 0) is 24.3 Å². The van der Waals surface area contributed by atoms with Gasteiger partial charge in [0.1, 0.15) is 5.75 Å². The number of benzene rings is 2. The maximum Gasteiger partial charge on any atom is 0.124 e. The normalized spacial score (nSPS) is 17.4. The third-order valence-electron chi connectivity index (χ3n) is 3.30. The molecule has 4 heteroatoms. The van der Waals surface area contributed by atoms with E-state index in [1.807, 2.05) is 36.4 Å². The Bertz CT molecular complexity index is 600. The van der Waals surface area contributed by atoms with Crippen LogP contribution in [0.3, 0.4) is 0 Å². The Morgan fingerprint density at radius 2 is 2.05 bits per heavy atom. The molecule has 3 rings (SSSR count). The zero-order valence-corrected chi connectivity index (χ0v) is 12.0. The van der Waals surface area contributed by atoms with Gasteiger partial charge in [-0.3, -0.25) is 0 Å². The highest BCUT2D eigenvalue weighted by Crippen LogP contribution is 2.35. The number of ether oxygens (including phenoxy) is 1. The predicted octanol–water partition coefficient (Wildman–Crippen LogP) is 3.97. The Kier molecular flexibility index (Phi) is 3.34. The Morgan fingerprint density at radius 3 is 2.89 bits per heavy atom. The molecule has 2 aromatic carbocycles. The summed E-state index contributed by atoms with van der Waals surface area (Å²) in [7, 11) is 0. The van der Waals surface area contributed by atoms with Crippen molar-refractivity contribution in [3.63, 3.8) is 0 Å². The molecule has 1 aliphatic rings. The predicted molar refractivity (Wildman–Crippen MR) is 81.5 cm³/mol. The number of nitrogens with two attached hydrogens (primary N) is 1. The van der Waals surface area contributed by atoms with Crippen LogP contribution in [0.15, 0.2) is 46.9 Å². The summed E-state index contributed by atoms with van der Waals surface area (Å²) < 4.78 is 6.65. The zero-order valence-electron chi connectivity index (χ0n) is 10.4. The molecule has 0 bridgehead atoms. The first-order chi connectivity index (χ1) is 9.24. The van der Waals surface area contributed by atoms with Gasteiger partial charge >= 0.3 is 0 Å². The third kappa shape index (κ3) is 2.54. The quantitative estimate of drug-likeness (QED) is 0.824. The first-order valence-electron chi connectivity index (χ1n) is 6.27. The number of para-hydroxylation sites is 1. The molecule has 98 valence electrons. The smallest absolute Gasteiger partial charge is 0.124 e. The molecule has 1 heterocycles. The van der Waals surface area contributed by atoms with Crippen LogP contribution < -0.4 is 15.8 Å². The van der Waals surface area contributed by atoms with Crippen LogP contribution in [0.25, 0.3) is 0 Å². The molecule has 0 saturated carbocycles. The van der Waals surface area contributed by atoms with E-state index in [-0.39, 0.29) is 6.04 Å². The van der Waals surface area contributed by atoms with Gasteiger partial charge in [0.15, 0.2) is 0 Å². The van der Waals surface area contributed by atoms with Crippen molar-refractivity contribution in [2.45, 2.75) is 12.5 Å². The third-order valence-corrected chi connectivity index (χ3v) is 3.80. The van der Waals surface area contributed by atoms with Gasteiger partial charge in [0.05, 0.1) is 24.0 Å². The highest BCUT2D eigenvalue weighted by molar-refractivity contribution is 9.10. The van der Waals surface area contributed by atoms with Crippen LogP contribution in [0.2, 0.25) is 0 Å². The monoisotopic (exact) mass is 318 g/mol. The Morgan fingerprint density at radius 1 is 1.21 bits per heavy atom. The Labute approximate surface area is 120 Å². The van der Waals surface area contributed by atoms with Gasteiger partial charge < -0.3 is 15.8 Å². The molecule has 0 aliphatic carbocycles. The molecule has 2 aromatic rings. The second kappa shape index (κ2) is 5.13. The van der Waals surface area contributed by atoms with Gasteiger partial charge in [0, 0.05) is 16.5 Å². The second-order valence-corrected chi connectivity index (χ2v) is 5.52. The van der Waals surface area contributed by atoms with E-state index in [1.54, 1.807) is 0 Å². The van der Waals surface area contributed by atoms with Crippen molar-refractivity contribution in [1.29, 1.82) is 0 Å². The minimum atomic E-state index is 0.244. The average molecular weight is 319 g/mol. The SMILES string of the molecule is Nc1cc(Br)ccc1NC1CCOc2ccccc21. The minimum absolute atomic E-state index is 0.244. The molecule has 19 heavy (non-hydrogen) atoms. The topological polar surface area (TPSA) is 47.3 Å². The largest absolute Gasteiger partial charge is 0.493 e. The number of fused-ring (bicyclic) bond motifs is 1. The van der Waals surface area contributed by atoms with Crippen LogP contribution in [0.4, 0.5) is 11.4 Å². The van der Waals surface area contributed by atoms with Gasteiger partial charge in [-0.2, -0.15) is 0 Å². The van der Waals surface area contributed by atoms with Crippen molar-refractivity contribution < 1.29 is 4.74 Å². The first kappa shape index (κ1) is 12.4. The molecule has 3 nitrogen and oxygen atoms in total. The van der Waals surface area contributed by atoms with Crippen molar-refractivity contribution in [3.05, 3.63) is 52.5 Å². The molecule has 0 spiro atoms. The summed E-state index contributed by atoms with van der Waals surface area (Å²) in [6.07, 6.45) is 0.937. The highest BCUT2D eigenvalue weighted by Gasteiger charge is 2.21. The van der Waals surface area contributed by atoms with E-state index in [9.17, 15) is 0 Å². The highest BCUT2D eigenvalue weighted by atomic mass is 79.9. The molecule has 0 saturated heterocycles. The number of hydrogen-bond acceptors (Lipinski definition) is 3. The summed E-state index contributed by atoms with van der Waals surface area (Å²) in [6, 6.07) is 14.3. The molecule has 0 aromatic heterocycles. The molecule has 1 unspecified atom stereocenters. The van der Waals surface area contributed by atoms with Crippen LogP contribution in [-0.2, 0) is 0 Å². The van der Waals surface area contributed by atoms with Gasteiger partial charge in [0.25, 0.3) is 0 Å². The van der Waals surface area contributed by atoms with Crippen LogP contribution in [0.1, 0.15) is 18.0 Å². The maximum atomic E-state index is 6.03. The van der Waals surface area contributed by atoms with Crippen molar-refractivity contribution >= 4 is 27.3 Å². The standard InChI is InChI=1S/C15H15BrN2O/c16-10-5-6-14(12(17)9-10)18-13-7-8-19-15-4-2-1-3-11(13)15/h1-6,9,13,18H,7-8,17H2. The number of nitrogens with one attached hydrogen (secondary N) is 1. The van der Waals surface area contributed by atoms with Gasteiger partial charge in [0.2, 0.25) is 0 Å². The molecular weight excluding hydrogens is 304 g/mol. The molecule has 3 N–H and O–H groups in total. The van der Waals surface area contributed by atoms with Crippen LogP contribution >= 0.6 is 15.9 Å². The summed E-state index contributed by atoms with van der Waals surface area (Å²) in [4.78, 5) is 0. The summed E-state index contributed by atoms with van der Waals surface area (Å²) in [6.45, 7) is 0.727. The molecule has 1 atom stereocenters. The number of hydrogen-bond donors (Lipinski definition) is 2. The summed E-state index contributed by atoms with van der Waals surface area (Å²) in [5.41, 5.74) is 8.94. The lowest BCUT2D eigenvalue weighted by Gasteiger charge is -2.27. The van der Waals surface area contributed by atoms with Crippen molar-refractivity contribution in [3.8, 4) is 5.75 Å². The van der Waals surface area contributed by atoms with Crippen molar-refractivity contribution in [1.82, 2.24) is 0 Å². The second-order valence-electron chi connectivity index (χ2n) is 4.60. The van der Waals surface area contributed by atoms with E-state index in [0.717, 1.165) is 34.6 Å². The van der Waals surface area contributed by atoms with E-state index < -0.39 is 0 Å². The van der Waals surface area contributed by atoms with Gasteiger partial charge in [-0.25, -0.2) is 0 Å². The van der Waals surface area contributed by atoms with Crippen molar-refractivity contribution in [2.24, 2.45) is 0 Å². The molecule has 1 aliphatic heterocycles. The lowest BCUT2D eigenvalue weighted by molar-refractivity contribution is 0.274. The first-order valence-corrected chi connectivity index (χ1v) is 7.06. The van der Waals surface area contributed by atoms with Crippen LogP contribution in [-0.4, -0.2) is 6.61 Å². The van der Waals surface area contributed by atoms with E-state index >= 15 is 0 Å². The molecular formula is C15H15BrN2O. The molecule has 0 radical (unpaired) electrons. The van der Waals surface area contributed by atoms with E-state index in [1.165, 1.54) is 5.56 Å². The van der Waals surface area contributed by atoms with E-state index in [0.29, 0.717) is 0 Å². The van der Waals surface area contributed by atoms with Crippen molar-refractivity contribution in [2.75, 3.05) is 17.7 Å². The van der Waals surface area contributed by atoms with Crippen LogP contribution in [0.5, 0.6) is 5.75 Å². The number of halogens is 1. The number of anilines is 2. The lowest BCUT2D eigenvalue weighted by atomic mass is 10.00. The number of nitrogen functional groups attached to an aromatic ring is 1. The minimum Gasteiger partial charge on any atom is -0.493 e. The Balaban J connectivity index is 1.88. The molecule has 0 fully saturated rings. The lowest BCUT2D eigenvalue weighted by Crippen LogP contribution is -2.20.